The molecule has 0 unspecified atom stereocenters. The molecule has 0 bridgehead atoms. The molecule has 0 radical (unpaired) electrons. The van der Waals surface area contributed by atoms with Crippen LogP contribution < -0.4 is 9.62 Å². The average molecular weight is 384 g/mol. The fourth-order valence-electron chi connectivity index (χ4n) is 2.81. The Kier molecular flexibility index (Phi) is 4.43. The zero-order valence-corrected chi connectivity index (χ0v) is 14.5. The van der Waals surface area contributed by atoms with Gasteiger partial charge in [0.05, 0.1) is 11.3 Å². The molecule has 0 fully saturated rings. The maximum absolute atomic E-state index is 12.9. The van der Waals surface area contributed by atoms with E-state index in [4.69, 9.17) is 0 Å². The molecular formula is C17H15F3N2O3S. The minimum absolute atomic E-state index is 0.144. The fourth-order valence-corrected chi connectivity index (χ4v) is 3.39. The molecule has 2 aromatic carbocycles. The molecule has 0 saturated heterocycles. The molecule has 3 rings (SSSR count). The predicted octanol–water partition coefficient (Wildman–Crippen LogP) is 3.46. The molecule has 9 heteroatoms. The average Bonchev–Trinajstić information content (AvgIpc) is 2.96. The molecule has 0 aliphatic carbocycles. The molecule has 5 nitrogen and oxygen atoms in total. The Morgan fingerprint density at radius 2 is 1.85 bits per heavy atom. The summed E-state index contributed by atoms with van der Waals surface area (Å²) in [6.45, 7) is 2.24. The van der Waals surface area contributed by atoms with Crippen LogP contribution in [0.5, 0.6) is 0 Å². The maximum atomic E-state index is 12.9. The van der Waals surface area contributed by atoms with E-state index in [0.29, 0.717) is 18.7 Å². The van der Waals surface area contributed by atoms with Crippen molar-refractivity contribution in [2.75, 3.05) is 16.2 Å². The molecule has 0 aromatic heterocycles. The van der Waals surface area contributed by atoms with Crippen molar-refractivity contribution in [2.24, 2.45) is 0 Å². The van der Waals surface area contributed by atoms with E-state index in [2.05, 4.69) is 0 Å². The largest absolute Gasteiger partial charge is 0.516 e. The summed E-state index contributed by atoms with van der Waals surface area (Å²) in [4.78, 5) is 14.3. The summed E-state index contributed by atoms with van der Waals surface area (Å²) >= 11 is 0. The first-order valence-corrected chi connectivity index (χ1v) is 9.18. The number of nitrogens with zero attached hydrogens (tertiary/aromatic N) is 1. The van der Waals surface area contributed by atoms with E-state index in [0.717, 1.165) is 17.2 Å². The Balaban J connectivity index is 1.97. The van der Waals surface area contributed by atoms with E-state index in [1.165, 1.54) is 27.8 Å². The molecule has 0 saturated carbocycles. The third-order valence-corrected chi connectivity index (χ3v) is 5.19. The summed E-state index contributed by atoms with van der Waals surface area (Å²) in [7, 11) is -5.62. The van der Waals surface area contributed by atoms with Crippen LogP contribution in [-0.2, 0) is 16.4 Å². The van der Waals surface area contributed by atoms with Crippen LogP contribution in [0.15, 0.2) is 42.5 Å². The number of carbonyl (C=O) groups excluding carboxylic acids is 1. The van der Waals surface area contributed by atoms with Gasteiger partial charge >= 0.3 is 15.5 Å². The van der Waals surface area contributed by atoms with Crippen LogP contribution in [0.2, 0.25) is 0 Å². The zero-order valence-electron chi connectivity index (χ0n) is 13.7. The zero-order chi connectivity index (χ0) is 19.1. The Bertz CT molecular complexity index is 971. The number of para-hydroxylation sites is 1. The van der Waals surface area contributed by atoms with Crippen LogP contribution in [0, 0.1) is 6.92 Å². The van der Waals surface area contributed by atoms with Gasteiger partial charge in [0, 0.05) is 12.2 Å². The third-order valence-electron chi connectivity index (χ3n) is 4.09. The van der Waals surface area contributed by atoms with E-state index >= 15 is 0 Å². The summed E-state index contributed by atoms with van der Waals surface area (Å²) in [5.74, 6) is -0.560. The Hall–Kier alpha value is -2.55. The number of benzene rings is 2. The molecule has 1 N–H and O–H groups in total. The van der Waals surface area contributed by atoms with E-state index in [-0.39, 0.29) is 5.56 Å². The molecule has 0 spiro atoms. The number of rotatable bonds is 3. The normalized spacial score (nSPS) is 14.2. The predicted molar refractivity (Wildman–Crippen MR) is 91.6 cm³/mol. The van der Waals surface area contributed by atoms with Crippen molar-refractivity contribution in [1.29, 1.82) is 0 Å². The maximum Gasteiger partial charge on any atom is 0.516 e. The van der Waals surface area contributed by atoms with Crippen molar-refractivity contribution in [2.45, 2.75) is 18.9 Å². The number of nitrogens with one attached hydrogen (secondary N) is 1. The summed E-state index contributed by atoms with van der Waals surface area (Å²) in [6.07, 6.45) is 0.623. The van der Waals surface area contributed by atoms with Crippen LogP contribution in [0.25, 0.3) is 0 Å². The lowest BCUT2D eigenvalue weighted by Gasteiger charge is -2.20. The summed E-state index contributed by atoms with van der Waals surface area (Å²) in [5.41, 5.74) is -3.44. The highest BCUT2D eigenvalue weighted by Crippen LogP contribution is 2.32. The van der Waals surface area contributed by atoms with Gasteiger partial charge in [-0.1, -0.05) is 24.3 Å². The van der Waals surface area contributed by atoms with Crippen molar-refractivity contribution in [3.63, 3.8) is 0 Å². The number of alkyl halides is 3. The second-order valence-electron chi connectivity index (χ2n) is 5.94. The van der Waals surface area contributed by atoms with Crippen molar-refractivity contribution in [3.05, 3.63) is 59.2 Å². The quantitative estimate of drug-likeness (QED) is 0.881. The number of hydrogen-bond acceptors (Lipinski definition) is 3. The van der Waals surface area contributed by atoms with Crippen LogP contribution >= 0.6 is 0 Å². The molecule has 1 aliphatic heterocycles. The minimum atomic E-state index is -5.62. The van der Waals surface area contributed by atoms with Gasteiger partial charge in [-0.15, -0.1) is 0 Å². The standard InChI is InChI=1S/C17H15F3N2O3S/c1-11-6-7-12-8-9-22(15(12)10-11)16(23)13-4-2-3-5-14(13)21-26(24,25)17(18,19)20/h2-7,10,21H,8-9H2,1H3. The summed E-state index contributed by atoms with van der Waals surface area (Å²) < 4.78 is 62.2. The van der Waals surface area contributed by atoms with Crippen molar-refractivity contribution < 1.29 is 26.4 Å². The second-order valence-corrected chi connectivity index (χ2v) is 7.61. The number of carbonyl (C=O) groups is 1. The molecule has 1 heterocycles. The van der Waals surface area contributed by atoms with Gasteiger partial charge in [-0.05, 0) is 42.7 Å². The van der Waals surface area contributed by atoms with Gasteiger partial charge in [-0.3, -0.25) is 9.52 Å². The number of anilines is 2. The Morgan fingerprint density at radius 1 is 1.15 bits per heavy atom. The number of halogens is 3. The topological polar surface area (TPSA) is 66.5 Å². The summed E-state index contributed by atoms with van der Waals surface area (Å²) in [6, 6.07) is 10.9. The van der Waals surface area contributed by atoms with E-state index in [9.17, 15) is 26.4 Å². The molecule has 138 valence electrons. The molecular weight excluding hydrogens is 369 g/mol. The van der Waals surface area contributed by atoms with Gasteiger partial charge in [0.1, 0.15) is 0 Å². The van der Waals surface area contributed by atoms with Crippen molar-refractivity contribution in [1.82, 2.24) is 0 Å². The van der Waals surface area contributed by atoms with Gasteiger partial charge in [0.15, 0.2) is 0 Å². The van der Waals surface area contributed by atoms with Gasteiger partial charge in [0.2, 0.25) is 0 Å². The van der Waals surface area contributed by atoms with Gasteiger partial charge in [-0.25, -0.2) is 0 Å². The second kappa shape index (κ2) is 6.31. The third kappa shape index (κ3) is 3.26. The number of sulfonamides is 1. The minimum Gasteiger partial charge on any atom is -0.308 e. The number of amides is 1. The van der Waals surface area contributed by atoms with Crippen LogP contribution in [0.1, 0.15) is 21.5 Å². The van der Waals surface area contributed by atoms with Gasteiger partial charge in [-0.2, -0.15) is 21.6 Å². The van der Waals surface area contributed by atoms with E-state index < -0.39 is 27.1 Å². The van der Waals surface area contributed by atoms with Crippen molar-refractivity contribution >= 4 is 27.3 Å². The Labute approximate surface area is 148 Å². The van der Waals surface area contributed by atoms with Gasteiger partial charge in [0.25, 0.3) is 5.91 Å². The summed E-state index contributed by atoms with van der Waals surface area (Å²) in [5, 5.41) is 0. The Morgan fingerprint density at radius 3 is 2.54 bits per heavy atom. The first-order valence-electron chi connectivity index (χ1n) is 7.70. The van der Waals surface area contributed by atoms with Crippen LogP contribution in [-0.4, -0.2) is 26.4 Å². The lowest BCUT2D eigenvalue weighted by atomic mass is 10.1. The number of fused-ring (bicyclic) bond motifs is 1. The molecule has 1 amide bonds. The van der Waals surface area contributed by atoms with E-state index in [1.54, 1.807) is 0 Å². The van der Waals surface area contributed by atoms with Crippen LogP contribution in [0.3, 0.4) is 0 Å². The first kappa shape index (κ1) is 18.2. The lowest BCUT2D eigenvalue weighted by molar-refractivity contribution is -0.0429. The molecule has 2 aromatic rings. The highest BCUT2D eigenvalue weighted by atomic mass is 32.2. The molecule has 1 aliphatic rings. The molecule has 0 atom stereocenters. The van der Waals surface area contributed by atoms with Crippen molar-refractivity contribution in [3.8, 4) is 0 Å². The highest BCUT2D eigenvalue weighted by molar-refractivity contribution is 7.93. The van der Waals surface area contributed by atoms with Gasteiger partial charge < -0.3 is 4.90 Å². The van der Waals surface area contributed by atoms with Crippen LogP contribution in [0.4, 0.5) is 24.5 Å². The highest BCUT2D eigenvalue weighted by Gasteiger charge is 2.46. The fraction of sp³-hybridized carbons (Fsp3) is 0.235. The first-order chi connectivity index (χ1) is 12.1. The van der Waals surface area contributed by atoms with E-state index in [1.807, 2.05) is 25.1 Å². The number of hydrogen-bond donors (Lipinski definition) is 1. The lowest BCUT2D eigenvalue weighted by Crippen LogP contribution is -2.33. The molecule has 26 heavy (non-hydrogen) atoms. The number of aryl methyl sites for hydroxylation is 1. The smallest absolute Gasteiger partial charge is 0.308 e. The SMILES string of the molecule is Cc1ccc2c(c1)N(C(=O)c1ccccc1NS(=O)(=O)C(F)(F)F)CC2. The monoisotopic (exact) mass is 384 g/mol.